The van der Waals surface area contributed by atoms with Crippen LogP contribution in [-0.2, 0) is 58.9 Å². The SMILES string of the molecule is CCN(C(=O)Nc1ccc(CN)cc1)[C@H]1CO[C@@H](O[C@H]2[C@H](O[C@H]3C#C/C=C\C#C[C@]4(O)CC(=O)C(CC(C)=O)=C3/C4=C\CSSC(C)(C)C)O[C@H](C)[C@@H](NO[C@H]3C[C@H](O)[C@H](SC(=O)c4c(C)c(I)c(O[C@@H]5O[C@@H](C)[C@H](O)[C@@H](OC)[C@H]5O)c(OC)c4OC)[C@@H](C)O3)[C@@H]2O)C[C@@H]1OC. The maximum atomic E-state index is 14.6. The van der Waals surface area contributed by atoms with E-state index in [9.17, 15) is 44.7 Å². The van der Waals surface area contributed by atoms with E-state index < -0.39 is 139 Å². The number of thioether (sulfide) groups is 1. The van der Waals surface area contributed by atoms with E-state index in [0.29, 0.717) is 27.1 Å². The molecule has 0 unspecified atom stereocenters. The standard InChI is InChI=1S/C67H89IN4O21S3/c1-14-72(65(80)70-39-22-20-38(31-69)21-23-39)42-32-86-47(29-46(42)82-10)91-59-54(77)52(35(4)88-64(59)90-45-19-17-15-16-18-25-67(81)30-44(75)40(27-33(2)73)50(45)41(67)24-26-94-96-66(7,8)9)71-93-48-28-43(74)61(37(6)87-48)95-62(79)49-34(3)51(68)57(60(85-13)56(49)83-11)92-63-55(78)58(84-12)53(76)36(5)89-63/h15-16,20-24,35-37,42-43,45-48,52-55,58-59,61,63-64,71,74,76-78,81H,14,26-32,69H2,1-13H3,(H,70,80)/b16-15-,41-24+/t35-,36+,37-,42+,43+,45+,46+,47+,48+,52-,53+,54+,55-,58-,59-,61-,63+,64+,67+/m1/s1. The molecule has 29 heteroatoms. The number of ether oxygens (including phenoxy) is 11. The lowest BCUT2D eigenvalue weighted by Gasteiger charge is -2.47. The predicted octanol–water partition coefficient (Wildman–Crippen LogP) is 5.79. The smallest absolute Gasteiger partial charge is 0.322 e. The van der Waals surface area contributed by atoms with E-state index in [1.165, 1.54) is 58.3 Å². The van der Waals surface area contributed by atoms with Gasteiger partial charge in [0.15, 0.2) is 41.8 Å². The number of likely N-dealkylation sites (N-methyl/N-ethyl adjacent to an activating group) is 1. The number of urea groups is 1. The van der Waals surface area contributed by atoms with E-state index in [1.54, 1.807) is 61.6 Å². The summed E-state index contributed by atoms with van der Waals surface area (Å²) in [6.45, 7) is 16.5. The highest BCUT2D eigenvalue weighted by Crippen LogP contribution is 2.49. The number of aliphatic hydroxyl groups is 5. The van der Waals surface area contributed by atoms with Crippen molar-refractivity contribution in [2.24, 2.45) is 5.73 Å². The van der Waals surface area contributed by atoms with E-state index in [0.717, 1.165) is 17.3 Å². The molecule has 2 aromatic rings. The van der Waals surface area contributed by atoms with Gasteiger partial charge in [-0.05, 0) is 99.5 Å². The third kappa shape index (κ3) is 18.2. The highest BCUT2D eigenvalue weighted by atomic mass is 127. The summed E-state index contributed by atoms with van der Waals surface area (Å²) in [5.41, 5.74) is 9.11. The van der Waals surface area contributed by atoms with E-state index in [2.05, 4.69) is 55.2 Å². The van der Waals surface area contributed by atoms with Gasteiger partial charge in [-0.1, -0.05) is 96.0 Å². The molecule has 0 aromatic heterocycles. The van der Waals surface area contributed by atoms with Gasteiger partial charge in [0.1, 0.15) is 42.4 Å². The van der Waals surface area contributed by atoms with Gasteiger partial charge in [-0.25, -0.2) is 4.79 Å². The Morgan fingerprint density at radius 3 is 2.21 bits per heavy atom. The van der Waals surface area contributed by atoms with Crippen LogP contribution < -0.4 is 30.7 Å². The Balaban J connectivity index is 1.05. The van der Waals surface area contributed by atoms with Crippen molar-refractivity contribution in [1.82, 2.24) is 10.4 Å². The summed E-state index contributed by atoms with van der Waals surface area (Å²) in [5, 5.41) is 60.4. The zero-order chi connectivity index (χ0) is 70.1. The van der Waals surface area contributed by atoms with Gasteiger partial charge < -0.3 is 93.6 Å². The van der Waals surface area contributed by atoms with Crippen LogP contribution in [0.4, 0.5) is 10.5 Å². The molecule has 528 valence electrons. The molecule has 2 aromatic carbocycles. The number of benzene rings is 2. The van der Waals surface area contributed by atoms with Gasteiger partial charge in [0.05, 0.1) is 84.2 Å². The molecule has 2 aliphatic carbocycles. The number of carbonyl (C=O) groups excluding carboxylic acids is 4. The first-order chi connectivity index (χ1) is 45.6. The molecule has 96 heavy (non-hydrogen) atoms. The van der Waals surface area contributed by atoms with Gasteiger partial charge >= 0.3 is 6.03 Å². The Morgan fingerprint density at radius 2 is 1.57 bits per heavy atom. The minimum absolute atomic E-state index is 0.0155. The van der Waals surface area contributed by atoms with Crippen LogP contribution in [0.1, 0.15) is 103 Å². The molecule has 2 amide bonds. The third-order valence-corrected chi connectivity index (χ3v) is 22.9. The maximum Gasteiger partial charge on any atom is 0.322 e. The Labute approximate surface area is 586 Å². The maximum absolute atomic E-state index is 14.6. The van der Waals surface area contributed by atoms with Crippen molar-refractivity contribution in [2.75, 3.05) is 52.7 Å². The van der Waals surface area contributed by atoms with Gasteiger partial charge in [-0.15, -0.1) is 0 Å². The molecule has 0 saturated carbocycles. The second-order valence-electron chi connectivity index (χ2n) is 24.9. The zero-order valence-electron chi connectivity index (χ0n) is 56.0. The molecule has 0 radical (unpaired) electrons. The number of fused-ring (bicyclic) bond motifs is 2. The number of hydroxylamine groups is 1. The van der Waals surface area contributed by atoms with Crippen molar-refractivity contribution < 1.29 is 102 Å². The fourth-order valence-electron chi connectivity index (χ4n) is 12.1. The molecule has 25 nitrogen and oxygen atoms in total. The highest BCUT2D eigenvalue weighted by Gasteiger charge is 2.52. The molecule has 4 fully saturated rings. The van der Waals surface area contributed by atoms with Gasteiger partial charge in [0, 0.05) is 79.5 Å². The number of methoxy groups -OCH3 is 4. The first-order valence-corrected chi connectivity index (χ1v) is 35.8. The van der Waals surface area contributed by atoms with Crippen LogP contribution in [-0.4, -0.2) is 220 Å². The number of nitrogens with two attached hydrogens (primary N) is 1. The number of amides is 2. The highest BCUT2D eigenvalue weighted by molar-refractivity contribution is 14.1. The topological polar surface area (TPSA) is 334 Å². The number of hydrogen-bond donors (Lipinski definition) is 8. The van der Waals surface area contributed by atoms with Crippen molar-refractivity contribution in [1.29, 1.82) is 0 Å². The average molecular weight is 1510 g/mol. The number of halogens is 1. The molecule has 2 bridgehead atoms. The Kier molecular flexibility index (Phi) is 27.6. The number of Topliss-reactive ketones (excluding diaryl/α,β-unsaturated/α-hetero) is 2. The Bertz CT molecular complexity index is 3320. The molecule has 0 spiro atoms. The third-order valence-electron chi connectivity index (χ3n) is 17.0. The van der Waals surface area contributed by atoms with Crippen LogP contribution >= 0.6 is 55.9 Å². The number of nitrogens with one attached hydrogen (secondary N) is 2. The predicted molar refractivity (Wildman–Crippen MR) is 368 cm³/mol. The molecule has 4 aliphatic heterocycles. The van der Waals surface area contributed by atoms with E-state index in [4.69, 9.17) is 62.7 Å². The van der Waals surface area contributed by atoms with Crippen molar-refractivity contribution in [3.8, 4) is 40.9 Å². The van der Waals surface area contributed by atoms with Crippen molar-refractivity contribution in [3.05, 3.63) is 79.5 Å². The first kappa shape index (κ1) is 77.3. The fraction of sp³-hybridized carbons (Fsp3) is 0.612. The summed E-state index contributed by atoms with van der Waals surface area (Å²) in [6, 6.07) is 5.01. The van der Waals surface area contributed by atoms with Crippen LogP contribution in [0.5, 0.6) is 17.2 Å². The number of allylic oxidation sites excluding steroid dienone is 3. The number of ketones is 2. The summed E-state index contributed by atoms with van der Waals surface area (Å²) in [5.74, 6) is 11.4. The van der Waals surface area contributed by atoms with Gasteiger partial charge in [0.25, 0.3) is 0 Å². The molecular formula is C67H89IN4O21S3. The van der Waals surface area contributed by atoms with E-state index in [-0.39, 0.29) is 82.5 Å². The number of anilines is 1. The zero-order valence-corrected chi connectivity index (χ0v) is 60.6. The molecule has 9 N–H and O–H groups in total. The summed E-state index contributed by atoms with van der Waals surface area (Å²) < 4.78 is 68.5. The summed E-state index contributed by atoms with van der Waals surface area (Å²) in [7, 11) is 8.71. The van der Waals surface area contributed by atoms with Crippen LogP contribution in [0.3, 0.4) is 0 Å². The normalized spacial score (nSPS) is 33.0. The number of carbonyl (C=O) groups is 4. The second kappa shape index (κ2) is 34.3. The Hall–Kier alpha value is -4.40. The second-order valence-corrected chi connectivity index (χ2v) is 30.3. The summed E-state index contributed by atoms with van der Waals surface area (Å²) in [4.78, 5) is 63.7. The molecule has 4 heterocycles. The molecule has 6 aliphatic rings. The molecular weight excluding hydrogens is 1420 g/mol. The van der Waals surface area contributed by atoms with Crippen LogP contribution in [0.2, 0.25) is 0 Å². The lowest BCUT2D eigenvalue weighted by Crippen LogP contribution is -2.65. The van der Waals surface area contributed by atoms with Gasteiger partial charge in [-0.2, -0.15) is 5.48 Å². The van der Waals surface area contributed by atoms with Crippen molar-refractivity contribution >= 4 is 84.3 Å². The summed E-state index contributed by atoms with van der Waals surface area (Å²) in [6.07, 6.45) is -14.0. The quantitative estimate of drug-likeness (QED) is 0.0203. The molecule has 4 saturated heterocycles. The monoisotopic (exact) mass is 1510 g/mol. The summed E-state index contributed by atoms with van der Waals surface area (Å²) >= 11 is 2.81. The average Bonchev–Trinajstić information content (AvgIpc) is 0.756. The minimum atomic E-state index is -2.03. The number of aliphatic hydroxyl groups excluding tert-OH is 4. The first-order valence-electron chi connectivity index (χ1n) is 31.6. The number of rotatable bonds is 24. The van der Waals surface area contributed by atoms with E-state index >= 15 is 0 Å². The lowest BCUT2D eigenvalue weighted by molar-refractivity contribution is -0.337. The Morgan fingerprint density at radius 1 is 0.875 bits per heavy atom. The fourth-order valence-corrected chi connectivity index (χ4v) is 16.0. The van der Waals surface area contributed by atoms with E-state index in [1.807, 2.05) is 41.6 Å². The van der Waals surface area contributed by atoms with Crippen molar-refractivity contribution in [3.63, 3.8) is 0 Å². The minimum Gasteiger partial charge on any atom is -0.492 e. The molecule has 8 rings (SSSR count). The number of hydrogen-bond acceptors (Lipinski definition) is 26. The molecule has 19 atom stereocenters. The largest absolute Gasteiger partial charge is 0.492 e. The van der Waals surface area contributed by atoms with Gasteiger partial charge in [-0.3, -0.25) is 19.2 Å². The lowest BCUT2D eigenvalue weighted by atomic mass is 9.72. The number of nitrogens with zero attached hydrogens (tertiary/aromatic N) is 1. The van der Waals surface area contributed by atoms with Crippen LogP contribution in [0.25, 0.3) is 0 Å². The van der Waals surface area contributed by atoms with Crippen LogP contribution in [0.15, 0.2) is 59.2 Å². The van der Waals surface area contributed by atoms with Crippen LogP contribution in [0, 0.1) is 34.2 Å². The van der Waals surface area contributed by atoms with Crippen molar-refractivity contribution in [2.45, 2.75) is 215 Å². The van der Waals surface area contributed by atoms with Gasteiger partial charge in [0.2, 0.25) is 17.2 Å².